The maximum Gasteiger partial charge on any atom is 0.246 e. The van der Waals surface area contributed by atoms with Crippen molar-refractivity contribution in [1.82, 2.24) is 10.1 Å². The third-order valence-electron chi connectivity index (χ3n) is 2.82. The number of nitrogens with zero attached hydrogens (tertiary/aromatic N) is 2. The molecule has 0 aliphatic carbocycles. The molecule has 17 heavy (non-hydrogen) atoms. The Kier molecular flexibility index (Phi) is 5.08. The second-order valence-electron chi connectivity index (χ2n) is 4.64. The predicted molar refractivity (Wildman–Crippen MR) is 65.4 cm³/mol. The van der Waals surface area contributed by atoms with Gasteiger partial charge in [0.25, 0.3) is 0 Å². The Morgan fingerprint density at radius 3 is 2.65 bits per heavy atom. The third-order valence-corrected chi connectivity index (χ3v) is 2.82. The van der Waals surface area contributed by atoms with Crippen LogP contribution < -0.4 is 5.73 Å². The summed E-state index contributed by atoms with van der Waals surface area (Å²) in [6.07, 6.45) is 3.59. The normalized spacial score (nSPS) is 16.8. The van der Waals surface area contributed by atoms with Crippen LogP contribution in [0.25, 0.3) is 0 Å². The lowest BCUT2D eigenvalue weighted by atomic mass is 9.98. The first kappa shape index (κ1) is 14.1. The lowest BCUT2D eigenvalue weighted by molar-refractivity contribution is 0.0854. The molecule has 1 aromatic rings. The first-order valence-electron chi connectivity index (χ1n) is 6.20. The summed E-state index contributed by atoms with van der Waals surface area (Å²) in [5.41, 5.74) is 5.59. The van der Waals surface area contributed by atoms with Crippen LogP contribution in [0.2, 0.25) is 0 Å². The minimum atomic E-state index is -0.551. The number of methoxy groups -OCH3 is 1. The van der Waals surface area contributed by atoms with Crippen molar-refractivity contribution in [2.24, 2.45) is 5.73 Å². The fourth-order valence-electron chi connectivity index (χ4n) is 1.84. The highest BCUT2D eigenvalue weighted by molar-refractivity contribution is 5.01. The summed E-state index contributed by atoms with van der Waals surface area (Å²) in [4.78, 5) is 4.36. The standard InChI is InChI=1S/C12H23N3O2/c1-5-7-9(16-4)10-14-11(17-15-10)12(3,13)8-6-2/h9H,5-8,13H2,1-4H3. The molecular weight excluding hydrogens is 218 g/mol. The quantitative estimate of drug-likeness (QED) is 0.794. The Labute approximate surface area is 103 Å². The molecule has 0 spiro atoms. The van der Waals surface area contributed by atoms with Crippen molar-refractivity contribution in [2.45, 2.75) is 58.1 Å². The van der Waals surface area contributed by atoms with Crippen molar-refractivity contribution in [3.05, 3.63) is 11.7 Å². The van der Waals surface area contributed by atoms with E-state index in [1.54, 1.807) is 7.11 Å². The zero-order valence-corrected chi connectivity index (χ0v) is 11.2. The zero-order valence-electron chi connectivity index (χ0n) is 11.2. The maximum absolute atomic E-state index is 6.14. The minimum Gasteiger partial charge on any atom is -0.373 e. The monoisotopic (exact) mass is 241 g/mol. The number of hydrogen-bond donors (Lipinski definition) is 1. The fraction of sp³-hybridized carbons (Fsp3) is 0.833. The number of nitrogens with two attached hydrogens (primary N) is 1. The molecule has 5 nitrogen and oxygen atoms in total. The summed E-state index contributed by atoms with van der Waals surface area (Å²) in [6.45, 7) is 6.09. The topological polar surface area (TPSA) is 74.2 Å². The highest BCUT2D eigenvalue weighted by Crippen LogP contribution is 2.25. The fourth-order valence-corrected chi connectivity index (χ4v) is 1.84. The van der Waals surface area contributed by atoms with Crippen LogP contribution in [-0.2, 0) is 10.3 Å². The number of rotatable bonds is 7. The van der Waals surface area contributed by atoms with Crippen molar-refractivity contribution < 1.29 is 9.26 Å². The molecule has 5 heteroatoms. The lowest BCUT2D eigenvalue weighted by Crippen LogP contribution is -2.33. The average molecular weight is 241 g/mol. The van der Waals surface area contributed by atoms with E-state index in [-0.39, 0.29) is 6.10 Å². The first-order chi connectivity index (χ1) is 8.05. The van der Waals surface area contributed by atoms with Crippen LogP contribution in [-0.4, -0.2) is 17.3 Å². The molecule has 0 bridgehead atoms. The van der Waals surface area contributed by atoms with Crippen LogP contribution in [0, 0.1) is 0 Å². The van der Waals surface area contributed by atoms with Gasteiger partial charge in [-0.3, -0.25) is 0 Å². The lowest BCUT2D eigenvalue weighted by Gasteiger charge is -2.18. The maximum atomic E-state index is 6.14. The van der Waals surface area contributed by atoms with E-state index < -0.39 is 5.54 Å². The van der Waals surface area contributed by atoms with Crippen molar-refractivity contribution in [1.29, 1.82) is 0 Å². The number of ether oxygens (including phenoxy) is 1. The van der Waals surface area contributed by atoms with E-state index in [2.05, 4.69) is 24.0 Å². The molecule has 2 N–H and O–H groups in total. The van der Waals surface area contributed by atoms with Crippen LogP contribution in [0.15, 0.2) is 4.52 Å². The summed E-state index contributed by atoms with van der Waals surface area (Å²) in [5, 5.41) is 3.96. The molecule has 0 saturated heterocycles. The van der Waals surface area contributed by atoms with Crippen molar-refractivity contribution in [3.63, 3.8) is 0 Å². The van der Waals surface area contributed by atoms with E-state index in [0.29, 0.717) is 11.7 Å². The predicted octanol–water partition coefficient (Wildman–Crippen LogP) is 2.53. The molecule has 0 radical (unpaired) electrons. The number of hydrogen-bond acceptors (Lipinski definition) is 5. The van der Waals surface area contributed by atoms with Gasteiger partial charge in [-0.15, -0.1) is 0 Å². The minimum absolute atomic E-state index is 0.102. The molecule has 0 aromatic carbocycles. The van der Waals surface area contributed by atoms with Crippen LogP contribution in [0.4, 0.5) is 0 Å². The molecule has 1 heterocycles. The van der Waals surface area contributed by atoms with Crippen molar-refractivity contribution in [3.8, 4) is 0 Å². The van der Waals surface area contributed by atoms with E-state index in [0.717, 1.165) is 25.7 Å². The second-order valence-corrected chi connectivity index (χ2v) is 4.64. The summed E-state index contributed by atoms with van der Waals surface area (Å²) in [5.74, 6) is 1.09. The Morgan fingerprint density at radius 2 is 2.12 bits per heavy atom. The molecule has 0 fully saturated rings. The Morgan fingerprint density at radius 1 is 1.41 bits per heavy atom. The van der Waals surface area contributed by atoms with Crippen molar-refractivity contribution in [2.75, 3.05) is 7.11 Å². The largest absolute Gasteiger partial charge is 0.373 e. The molecule has 1 aromatic heterocycles. The van der Waals surface area contributed by atoms with E-state index in [1.165, 1.54) is 0 Å². The Hall–Kier alpha value is -0.940. The second kappa shape index (κ2) is 6.12. The van der Waals surface area contributed by atoms with Crippen LogP contribution >= 0.6 is 0 Å². The van der Waals surface area contributed by atoms with Gasteiger partial charge < -0.3 is 15.0 Å². The van der Waals surface area contributed by atoms with Gasteiger partial charge in [0, 0.05) is 7.11 Å². The molecule has 0 saturated carbocycles. The molecule has 0 aliphatic rings. The molecule has 98 valence electrons. The highest BCUT2D eigenvalue weighted by atomic mass is 16.5. The van der Waals surface area contributed by atoms with E-state index in [9.17, 15) is 0 Å². The van der Waals surface area contributed by atoms with Gasteiger partial charge in [0.05, 0.1) is 5.54 Å². The summed E-state index contributed by atoms with van der Waals surface area (Å²) < 4.78 is 10.6. The van der Waals surface area contributed by atoms with Gasteiger partial charge in [0.15, 0.2) is 0 Å². The zero-order chi connectivity index (χ0) is 12.9. The Balaban J connectivity index is 2.82. The average Bonchev–Trinajstić information content (AvgIpc) is 2.75. The van der Waals surface area contributed by atoms with E-state index >= 15 is 0 Å². The molecule has 0 amide bonds. The SMILES string of the molecule is CCCC(OC)c1noc(C(C)(N)CCC)n1. The van der Waals surface area contributed by atoms with E-state index in [1.807, 2.05) is 6.92 Å². The molecule has 2 unspecified atom stereocenters. The van der Waals surface area contributed by atoms with E-state index in [4.69, 9.17) is 15.0 Å². The summed E-state index contributed by atoms with van der Waals surface area (Å²) >= 11 is 0. The van der Waals surface area contributed by atoms with Crippen LogP contribution in [0.3, 0.4) is 0 Å². The van der Waals surface area contributed by atoms with Gasteiger partial charge >= 0.3 is 0 Å². The Bertz CT molecular complexity index is 336. The molecule has 1 rings (SSSR count). The van der Waals surface area contributed by atoms with Gasteiger partial charge in [-0.25, -0.2) is 0 Å². The molecule has 2 atom stereocenters. The van der Waals surface area contributed by atoms with Crippen LogP contribution in [0.1, 0.15) is 64.3 Å². The highest BCUT2D eigenvalue weighted by Gasteiger charge is 2.28. The van der Waals surface area contributed by atoms with Crippen molar-refractivity contribution >= 4 is 0 Å². The smallest absolute Gasteiger partial charge is 0.246 e. The summed E-state index contributed by atoms with van der Waals surface area (Å²) in [7, 11) is 1.66. The van der Waals surface area contributed by atoms with Gasteiger partial charge in [-0.1, -0.05) is 31.8 Å². The third kappa shape index (κ3) is 3.51. The number of aromatic nitrogens is 2. The molecular formula is C12H23N3O2. The van der Waals surface area contributed by atoms with Gasteiger partial charge in [-0.2, -0.15) is 4.98 Å². The molecule has 0 aliphatic heterocycles. The van der Waals surface area contributed by atoms with Gasteiger partial charge in [-0.05, 0) is 19.8 Å². The van der Waals surface area contributed by atoms with Gasteiger partial charge in [0.1, 0.15) is 6.10 Å². The van der Waals surface area contributed by atoms with Crippen LogP contribution in [0.5, 0.6) is 0 Å². The first-order valence-corrected chi connectivity index (χ1v) is 6.20. The van der Waals surface area contributed by atoms with Gasteiger partial charge in [0.2, 0.25) is 11.7 Å². The summed E-state index contributed by atoms with van der Waals surface area (Å²) in [6, 6.07) is 0.